The summed E-state index contributed by atoms with van der Waals surface area (Å²) >= 11 is 0. The van der Waals surface area contributed by atoms with Crippen LogP contribution < -0.4 is 4.74 Å². The van der Waals surface area contributed by atoms with Crippen LogP contribution in [0.25, 0.3) is 0 Å². The molecule has 3 heteroatoms. The van der Waals surface area contributed by atoms with Crippen molar-refractivity contribution >= 4 is 0 Å². The van der Waals surface area contributed by atoms with Gasteiger partial charge in [-0.1, -0.05) is 12.1 Å². The molecule has 0 spiro atoms. The molecule has 0 N–H and O–H groups in total. The SMILES string of the molecule is COc1cccc([C@H](C#N)N(C)C)c1. The number of rotatable bonds is 3. The summed E-state index contributed by atoms with van der Waals surface area (Å²) in [6, 6.07) is 9.59. The number of nitriles is 1. The van der Waals surface area contributed by atoms with Crippen molar-refractivity contribution in [2.75, 3.05) is 21.2 Å². The van der Waals surface area contributed by atoms with Gasteiger partial charge in [0.15, 0.2) is 0 Å². The number of ether oxygens (including phenoxy) is 1. The first-order valence-electron chi connectivity index (χ1n) is 4.39. The second-order valence-electron chi connectivity index (χ2n) is 3.27. The fraction of sp³-hybridized carbons (Fsp3) is 0.364. The topological polar surface area (TPSA) is 36.3 Å². The summed E-state index contributed by atoms with van der Waals surface area (Å²) in [7, 11) is 5.39. The molecule has 1 atom stereocenters. The van der Waals surface area contributed by atoms with Crippen LogP contribution in [0.15, 0.2) is 24.3 Å². The molecule has 14 heavy (non-hydrogen) atoms. The zero-order chi connectivity index (χ0) is 10.6. The first-order chi connectivity index (χ1) is 6.69. The van der Waals surface area contributed by atoms with Gasteiger partial charge in [0.2, 0.25) is 0 Å². The molecule has 0 fully saturated rings. The summed E-state index contributed by atoms with van der Waals surface area (Å²) in [6.45, 7) is 0. The average Bonchev–Trinajstić information content (AvgIpc) is 2.19. The number of methoxy groups -OCH3 is 1. The zero-order valence-corrected chi connectivity index (χ0v) is 8.69. The van der Waals surface area contributed by atoms with Crippen molar-refractivity contribution in [1.29, 1.82) is 5.26 Å². The minimum Gasteiger partial charge on any atom is -0.497 e. The molecule has 0 bridgehead atoms. The molecule has 0 unspecified atom stereocenters. The fourth-order valence-electron chi connectivity index (χ4n) is 1.30. The van der Waals surface area contributed by atoms with Gasteiger partial charge in [0.25, 0.3) is 0 Å². The standard InChI is InChI=1S/C11H14N2O/c1-13(2)11(8-12)9-5-4-6-10(7-9)14-3/h4-7,11H,1-3H3/t11-/m0/s1. The van der Waals surface area contributed by atoms with Gasteiger partial charge in [-0.25, -0.2) is 0 Å². The largest absolute Gasteiger partial charge is 0.497 e. The molecule has 1 aromatic rings. The van der Waals surface area contributed by atoms with Crippen molar-refractivity contribution in [3.63, 3.8) is 0 Å². The van der Waals surface area contributed by atoms with Crippen LogP contribution in [-0.4, -0.2) is 26.1 Å². The van der Waals surface area contributed by atoms with Crippen LogP contribution in [0.4, 0.5) is 0 Å². The smallest absolute Gasteiger partial charge is 0.123 e. The highest BCUT2D eigenvalue weighted by Gasteiger charge is 2.12. The lowest BCUT2D eigenvalue weighted by Gasteiger charge is -2.17. The van der Waals surface area contributed by atoms with Gasteiger partial charge < -0.3 is 4.74 Å². The van der Waals surface area contributed by atoms with E-state index in [9.17, 15) is 0 Å². The van der Waals surface area contributed by atoms with Crippen LogP contribution in [0.1, 0.15) is 11.6 Å². The fourth-order valence-corrected chi connectivity index (χ4v) is 1.30. The Balaban J connectivity index is 3.00. The molecule has 0 aromatic heterocycles. The molecule has 0 saturated carbocycles. The molecule has 0 radical (unpaired) electrons. The van der Waals surface area contributed by atoms with E-state index >= 15 is 0 Å². The minimum absolute atomic E-state index is 0.218. The molecular formula is C11H14N2O. The molecule has 0 amide bonds. The monoisotopic (exact) mass is 190 g/mol. The lowest BCUT2D eigenvalue weighted by molar-refractivity contribution is 0.356. The second kappa shape index (κ2) is 4.64. The predicted molar refractivity (Wildman–Crippen MR) is 55.0 cm³/mol. The van der Waals surface area contributed by atoms with Gasteiger partial charge in [-0.05, 0) is 31.8 Å². The van der Waals surface area contributed by atoms with Crippen molar-refractivity contribution < 1.29 is 4.74 Å². The second-order valence-corrected chi connectivity index (χ2v) is 3.27. The molecule has 0 saturated heterocycles. The Morgan fingerprint density at radius 3 is 2.64 bits per heavy atom. The Morgan fingerprint density at radius 1 is 1.43 bits per heavy atom. The highest BCUT2D eigenvalue weighted by Crippen LogP contribution is 2.21. The normalized spacial score (nSPS) is 12.2. The van der Waals surface area contributed by atoms with Crippen LogP contribution >= 0.6 is 0 Å². The summed E-state index contributed by atoms with van der Waals surface area (Å²) in [6.07, 6.45) is 0. The number of nitrogens with zero attached hydrogens (tertiary/aromatic N) is 2. The first kappa shape index (κ1) is 10.6. The van der Waals surface area contributed by atoms with E-state index < -0.39 is 0 Å². The van der Waals surface area contributed by atoms with Crippen LogP contribution in [0.5, 0.6) is 5.75 Å². The van der Waals surface area contributed by atoms with Gasteiger partial charge in [0.05, 0.1) is 13.2 Å². The van der Waals surface area contributed by atoms with Gasteiger partial charge in [-0.2, -0.15) is 5.26 Å². The van der Waals surface area contributed by atoms with Gasteiger partial charge in [0, 0.05) is 0 Å². The van der Waals surface area contributed by atoms with Crippen molar-refractivity contribution in [3.05, 3.63) is 29.8 Å². The summed E-state index contributed by atoms with van der Waals surface area (Å²) in [4.78, 5) is 1.87. The zero-order valence-electron chi connectivity index (χ0n) is 8.69. The van der Waals surface area contributed by atoms with Crippen molar-refractivity contribution in [2.24, 2.45) is 0 Å². The predicted octanol–water partition coefficient (Wildman–Crippen LogP) is 1.82. The van der Waals surface area contributed by atoms with E-state index in [1.807, 2.05) is 43.3 Å². The lowest BCUT2D eigenvalue weighted by atomic mass is 10.1. The molecule has 1 rings (SSSR count). The highest BCUT2D eigenvalue weighted by atomic mass is 16.5. The maximum Gasteiger partial charge on any atom is 0.123 e. The summed E-state index contributed by atoms with van der Waals surface area (Å²) in [5.74, 6) is 0.782. The minimum atomic E-state index is -0.218. The Kier molecular flexibility index (Phi) is 3.49. The van der Waals surface area contributed by atoms with Crippen LogP contribution in [0.2, 0.25) is 0 Å². The van der Waals surface area contributed by atoms with Crippen LogP contribution in [-0.2, 0) is 0 Å². The summed E-state index contributed by atoms with van der Waals surface area (Å²) in [5.41, 5.74) is 0.955. The quantitative estimate of drug-likeness (QED) is 0.729. The van der Waals surface area contributed by atoms with Crippen molar-refractivity contribution in [1.82, 2.24) is 4.90 Å². The molecule has 0 aliphatic heterocycles. The van der Waals surface area contributed by atoms with E-state index in [0.717, 1.165) is 11.3 Å². The van der Waals surface area contributed by atoms with E-state index in [4.69, 9.17) is 10.00 Å². The van der Waals surface area contributed by atoms with E-state index in [2.05, 4.69) is 6.07 Å². The van der Waals surface area contributed by atoms with Gasteiger partial charge in [-0.15, -0.1) is 0 Å². The van der Waals surface area contributed by atoms with Gasteiger partial charge >= 0.3 is 0 Å². The molecule has 3 nitrogen and oxygen atoms in total. The molecule has 0 aliphatic rings. The molecule has 0 heterocycles. The summed E-state index contributed by atoms with van der Waals surface area (Å²) in [5, 5.41) is 8.98. The maximum atomic E-state index is 8.98. The van der Waals surface area contributed by atoms with E-state index in [0.29, 0.717) is 0 Å². The molecular weight excluding hydrogens is 176 g/mol. The Hall–Kier alpha value is -1.53. The maximum absolute atomic E-state index is 8.98. The Labute approximate surface area is 84.5 Å². The van der Waals surface area contributed by atoms with E-state index in [1.54, 1.807) is 7.11 Å². The third-order valence-electron chi connectivity index (χ3n) is 2.05. The van der Waals surface area contributed by atoms with Crippen molar-refractivity contribution in [3.8, 4) is 11.8 Å². The molecule has 0 aliphatic carbocycles. The number of hydrogen-bond acceptors (Lipinski definition) is 3. The van der Waals surface area contributed by atoms with Crippen molar-refractivity contribution in [2.45, 2.75) is 6.04 Å². The lowest BCUT2D eigenvalue weighted by Crippen LogP contribution is -2.18. The average molecular weight is 190 g/mol. The third kappa shape index (κ3) is 2.24. The molecule has 74 valence electrons. The summed E-state index contributed by atoms with van der Waals surface area (Å²) < 4.78 is 5.10. The Morgan fingerprint density at radius 2 is 2.14 bits per heavy atom. The molecule has 1 aromatic carbocycles. The van der Waals surface area contributed by atoms with Crippen LogP contribution in [0.3, 0.4) is 0 Å². The number of benzene rings is 1. The highest BCUT2D eigenvalue weighted by molar-refractivity contribution is 5.32. The van der Waals surface area contributed by atoms with E-state index in [-0.39, 0.29) is 6.04 Å². The first-order valence-corrected chi connectivity index (χ1v) is 4.39. The van der Waals surface area contributed by atoms with E-state index in [1.165, 1.54) is 0 Å². The Bertz CT molecular complexity index is 341. The third-order valence-corrected chi connectivity index (χ3v) is 2.05. The van der Waals surface area contributed by atoms with Gasteiger partial charge in [-0.3, -0.25) is 4.90 Å². The van der Waals surface area contributed by atoms with Gasteiger partial charge in [0.1, 0.15) is 11.8 Å². The van der Waals surface area contributed by atoms with Crippen LogP contribution in [0, 0.1) is 11.3 Å². The number of hydrogen-bond donors (Lipinski definition) is 0.